The number of benzene rings is 3. The van der Waals surface area contributed by atoms with Gasteiger partial charge in [-0.2, -0.15) is 0 Å². The monoisotopic (exact) mass is 719 g/mol. The van der Waals surface area contributed by atoms with Gasteiger partial charge in [-0.1, -0.05) is 43.2 Å². The number of hydrogen-bond donors (Lipinski definition) is 2. The van der Waals surface area contributed by atoms with E-state index < -0.39 is 29.7 Å². The van der Waals surface area contributed by atoms with Crippen molar-refractivity contribution in [3.05, 3.63) is 94.9 Å². The number of nitrogens with zero attached hydrogens (tertiary/aromatic N) is 5. The Morgan fingerprint density at radius 2 is 1.56 bits per heavy atom. The molecule has 1 unspecified atom stereocenters. The fraction of sp³-hybridized carbons (Fsp3) is 0.297. The van der Waals surface area contributed by atoms with Crippen LogP contribution >= 0.6 is 11.3 Å². The summed E-state index contributed by atoms with van der Waals surface area (Å²) >= 11 is 1.22. The Balaban J connectivity index is 0.834. The average Bonchev–Trinajstić information content (AvgIpc) is 3.82. The van der Waals surface area contributed by atoms with Crippen molar-refractivity contribution in [2.45, 2.75) is 70.1 Å². The van der Waals surface area contributed by atoms with Crippen LogP contribution in [0.1, 0.15) is 77.3 Å². The molecule has 0 radical (unpaired) electrons. The predicted molar refractivity (Wildman–Crippen MR) is 187 cm³/mol. The van der Waals surface area contributed by atoms with Gasteiger partial charge in [-0.15, -0.1) is 15.3 Å². The molecule has 1 saturated heterocycles. The molecule has 15 heteroatoms. The first-order chi connectivity index (χ1) is 25.0. The van der Waals surface area contributed by atoms with Crippen molar-refractivity contribution in [3.63, 3.8) is 0 Å². The van der Waals surface area contributed by atoms with Crippen molar-refractivity contribution in [3.8, 4) is 27.6 Å². The minimum atomic E-state index is -0.990. The maximum atomic E-state index is 13.2. The number of imide groups is 2. The third kappa shape index (κ3) is 6.27. The summed E-state index contributed by atoms with van der Waals surface area (Å²) in [7, 11) is 0. The first kappa shape index (κ1) is 33.2. The number of carbonyl (C=O) groups excluding carboxylic acids is 4. The number of nitrogens with one attached hydrogen (secondary N) is 2. The van der Waals surface area contributed by atoms with Crippen LogP contribution in [0.15, 0.2) is 71.1 Å². The van der Waals surface area contributed by atoms with Crippen molar-refractivity contribution in [2.24, 2.45) is 0 Å². The molecule has 2 fully saturated rings. The van der Waals surface area contributed by atoms with E-state index in [0.29, 0.717) is 33.4 Å². The summed E-state index contributed by atoms with van der Waals surface area (Å²) in [6.45, 7) is 6.04. The zero-order valence-electron chi connectivity index (χ0n) is 28.4. The minimum Gasteiger partial charge on any atom is -0.490 e. The zero-order chi connectivity index (χ0) is 36.1. The smallest absolute Gasteiger partial charge is 0.300 e. The number of rotatable bonds is 10. The molecule has 8 rings (SSSR count). The quantitative estimate of drug-likeness (QED) is 0.175. The Hall–Kier alpha value is -5.96. The molecule has 3 aromatic carbocycles. The summed E-state index contributed by atoms with van der Waals surface area (Å²) in [6.07, 6.45) is 1.76. The molecule has 1 saturated carbocycles. The van der Waals surface area contributed by atoms with Gasteiger partial charge in [0.05, 0.1) is 11.1 Å². The number of aryl methyl sites for hydroxylation is 1. The van der Waals surface area contributed by atoms with Gasteiger partial charge in [0, 0.05) is 43.3 Å². The molecule has 4 amide bonds. The van der Waals surface area contributed by atoms with Gasteiger partial charge in [-0.05, 0) is 71.3 Å². The van der Waals surface area contributed by atoms with Crippen molar-refractivity contribution in [1.82, 2.24) is 30.6 Å². The van der Waals surface area contributed by atoms with E-state index in [9.17, 15) is 19.2 Å². The highest BCUT2D eigenvalue weighted by Crippen LogP contribution is 2.37. The maximum Gasteiger partial charge on any atom is 0.300 e. The lowest BCUT2D eigenvalue weighted by atomic mass is 9.78. The molecule has 0 bridgehead atoms. The number of ether oxygens (including phenoxy) is 2. The van der Waals surface area contributed by atoms with E-state index in [1.165, 1.54) is 11.3 Å². The van der Waals surface area contributed by atoms with Gasteiger partial charge in [0.15, 0.2) is 0 Å². The number of carbonyl (C=O) groups is 4. The maximum absolute atomic E-state index is 13.2. The Morgan fingerprint density at radius 1 is 0.865 bits per heavy atom. The number of aromatic nitrogens is 4. The Morgan fingerprint density at radius 3 is 2.23 bits per heavy atom. The van der Waals surface area contributed by atoms with Crippen LogP contribution in [0.2, 0.25) is 0 Å². The Bertz CT molecular complexity index is 2210. The fourth-order valence-corrected chi connectivity index (χ4v) is 7.28. The molecule has 4 heterocycles. The molecule has 52 heavy (non-hydrogen) atoms. The second-order valence-electron chi connectivity index (χ2n) is 13.5. The third-order valence-electron chi connectivity index (χ3n) is 9.68. The van der Waals surface area contributed by atoms with Crippen molar-refractivity contribution < 1.29 is 33.1 Å². The lowest BCUT2D eigenvalue weighted by Crippen LogP contribution is -2.54. The first-order valence-electron chi connectivity index (χ1n) is 16.8. The first-order valence-corrected chi connectivity index (χ1v) is 17.7. The average molecular weight is 720 g/mol. The number of fused-ring (bicyclic) bond motifs is 1. The number of piperidine rings is 1. The van der Waals surface area contributed by atoms with Gasteiger partial charge in [0.25, 0.3) is 22.9 Å². The van der Waals surface area contributed by atoms with Crippen molar-refractivity contribution in [1.29, 1.82) is 0 Å². The fourth-order valence-electron chi connectivity index (χ4n) is 6.65. The van der Waals surface area contributed by atoms with Crippen molar-refractivity contribution >= 4 is 40.7 Å². The van der Waals surface area contributed by atoms with Crippen LogP contribution in [0.3, 0.4) is 0 Å². The van der Waals surface area contributed by atoms with Crippen LogP contribution < -0.4 is 20.1 Å². The van der Waals surface area contributed by atoms with E-state index in [4.69, 9.17) is 13.9 Å². The number of anilines is 1. The normalized spacial score (nSPS) is 20.0. The summed E-state index contributed by atoms with van der Waals surface area (Å²) in [5, 5.41) is 22.5. The highest BCUT2D eigenvalue weighted by Gasteiger charge is 2.45. The van der Waals surface area contributed by atoms with Gasteiger partial charge in [-0.25, -0.2) is 0 Å². The predicted octanol–water partition coefficient (Wildman–Crippen LogP) is 5.44. The van der Waals surface area contributed by atoms with Gasteiger partial charge in [-0.3, -0.25) is 29.4 Å². The Labute approximate surface area is 301 Å². The largest absolute Gasteiger partial charge is 0.490 e. The van der Waals surface area contributed by atoms with Crippen LogP contribution in [0.25, 0.3) is 10.9 Å². The summed E-state index contributed by atoms with van der Waals surface area (Å²) in [6, 6.07) is 20.2. The second-order valence-corrected chi connectivity index (χ2v) is 14.5. The van der Waals surface area contributed by atoms with E-state index in [0.717, 1.165) is 34.6 Å². The standard InChI is InChI=1S/C37H33N7O7S/c1-19-40-41-32(49-19)33-42-43-36(52-33)51-25-11-6-21(7-12-25)37(2,3)20-4-9-24(10-5-20)50-26-16-23(17-26)38-22-8-13-27-28(18-22)35(48)44(34(27)47)29-14-15-30(45)39-31(29)46/h4-13,18,23,26,29,38H,14-17H2,1-3H3,(H,39,45,46). The van der Waals surface area contributed by atoms with Gasteiger partial charge >= 0.3 is 0 Å². The van der Waals surface area contributed by atoms with Gasteiger partial charge in [0.2, 0.25) is 22.7 Å². The minimum absolute atomic E-state index is 0.0322. The molecule has 2 aromatic heterocycles. The molecule has 5 aromatic rings. The van der Waals surface area contributed by atoms with Crippen LogP contribution in [0, 0.1) is 6.92 Å². The van der Waals surface area contributed by atoms with E-state index in [-0.39, 0.29) is 41.5 Å². The van der Waals surface area contributed by atoms with E-state index in [1.807, 2.05) is 36.4 Å². The molecule has 1 atom stereocenters. The molecule has 2 N–H and O–H groups in total. The summed E-state index contributed by atoms with van der Waals surface area (Å²) in [4.78, 5) is 51.0. The SMILES string of the molecule is Cc1nnc(-c2nnc(Oc3ccc(C(C)(C)c4ccc(OC5CC(Nc6ccc7c(c6)C(=O)N(C6CCC(=O)NC6=O)C7=O)C5)cc4)cc3)s2)o1. The molecule has 3 aliphatic rings. The Kier molecular flexibility index (Phi) is 8.29. The van der Waals surface area contributed by atoms with Crippen LogP contribution in [-0.4, -0.2) is 67.1 Å². The summed E-state index contributed by atoms with van der Waals surface area (Å²) < 4.78 is 17.6. The molecule has 1 aliphatic carbocycles. The highest BCUT2D eigenvalue weighted by molar-refractivity contribution is 7.16. The third-order valence-corrected chi connectivity index (χ3v) is 10.5. The van der Waals surface area contributed by atoms with E-state index >= 15 is 0 Å². The molecule has 0 spiro atoms. The summed E-state index contributed by atoms with van der Waals surface area (Å²) in [5.74, 6) is 0.105. The van der Waals surface area contributed by atoms with Crippen molar-refractivity contribution in [2.75, 3.05) is 5.32 Å². The van der Waals surface area contributed by atoms with Crippen LogP contribution in [0.4, 0.5) is 5.69 Å². The molecule has 2 aliphatic heterocycles. The molecule has 264 valence electrons. The van der Waals surface area contributed by atoms with Gasteiger partial charge in [0.1, 0.15) is 23.6 Å². The lowest BCUT2D eigenvalue weighted by Gasteiger charge is -2.36. The highest BCUT2D eigenvalue weighted by atomic mass is 32.1. The second kappa shape index (κ2) is 13.0. The van der Waals surface area contributed by atoms with Crippen LogP contribution in [0.5, 0.6) is 16.7 Å². The van der Waals surface area contributed by atoms with Crippen LogP contribution in [-0.2, 0) is 15.0 Å². The van der Waals surface area contributed by atoms with E-state index in [1.54, 1.807) is 25.1 Å². The van der Waals surface area contributed by atoms with Gasteiger partial charge < -0.3 is 19.2 Å². The topological polar surface area (TPSA) is 179 Å². The zero-order valence-corrected chi connectivity index (χ0v) is 29.2. The molecule has 14 nitrogen and oxygen atoms in total. The molecular formula is C37H33N7O7S. The number of amides is 4. The number of hydrogen-bond acceptors (Lipinski definition) is 13. The molecular weight excluding hydrogens is 687 g/mol. The van der Waals surface area contributed by atoms with E-state index in [2.05, 4.69) is 57.0 Å². The summed E-state index contributed by atoms with van der Waals surface area (Å²) in [5.41, 5.74) is 3.18. The lowest BCUT2D eigenvalue weighted by molar-refractivity contribution is -0.136.